The Morgan fingerprint density at radius 2 is 1.95 bits per heavy atom. The van der Waals surface area contributed by atoms with Gasteiger partial charge in [0, 0.05) is 24.4 Å². The first kappa shape index (κ1) is 14.8. The van der Waals surface area contributed by atoms with Crippen LogP contribution in [0.25, 0.3) is 0 Å². The zero-order valence-corrected chi connectivity index (χ0v) is 11.3. The SMILES string of the molecule is CCNC(=O)c1ccc(N)cc1Oc1cc(F)ccc1F. The first-order valence-electron chi connectivity index (χ1n) is 6.32. The minimum atomic E-state index is -0.735. The lowest BCUT2D eigenvalue weighted by Gasteiger charge is -2.12. The summed E-state index contributed by atoms with van der Waals surface area (Å²) in [6, 6.07) is 7.20. The number of amides is 1. The molecule has 0 atom stereocenters. The Morgan fingerprint density at radius 1 is 1.19 bits per heavy atom. The largest absolute Gasteiger partial charge is 0.453 e. The van der Waals surface area contributed by atoms with E-state index >= 15 is 0 Å². The highest BCUT2D eigenvalue weighted by atomic mass is 19.1. The van der Waals surface area contributed by atoms with Gasteiger partial charge in [0.2, 0.25) is 0 Å². The van der Waals surface area contributed by atoms with E-state index in [-0.39, 0.29) is 23.0 Å². The number of anilines is 1. The summed E-state index contributed by atoms with van der Waals surface area (Å²) in [5, 5.41) is 2.61. The van der Waals surface area contributed by atoms with Crippen molar-refractivity contribution in [2.45, 2.75) is 6.92 Å². The smallest absolute Gasteiger partial charge is 0.255 e. The summed E-state index contributed by atoms with van der Waals surface area (Å²) in [6.07, 6.45) is 0. The summed E-state index contributed by atoms with van der Waals surface area (Å²) in [4.78, 5) is 11.9. The highest BCUT2D eigenvalue weighted by molar-refractivity contribution is 5.97. The van der Waals surface area contributed by atoms with Gasteiger partial charge in [-0.05, 0) is 31.2 Å². The van der Waals surface area contributed by atoms with E-state index in [1.165, 1.54) is 18.2 Å². The van der Waals surface area contributed by atoms with Crippen molar-refractivity contribution < 1.29 is 18.3 Å². The molecule has 21 heavy (non-hydrogen) atoms. The van der Waals surface area contributed by atoms with E-state index < -0.39 is 11.6 Å². The van der Waals surface area contributed by atoms with Crippen LogP contribution >= 0.6 is 0 Å². The normalized spacial score (nSPS) is 10.2. The molecular formula is C15H14F2N2O2. The van der Waals surface area contributed by atoms with Gasteiger partial charge >= 0.3 is 0 Å². The molecule has 3 N–H and O–H groups in total. The van der Waals surface area contributed by atoms with Gasteiger partial charge < -0.3 is 15.8 Å². The lowest BCUT2D eigenvalue weighted by atomic mass is 10.1. The second-order valence-electron chi connectivity index (χ2n) is 4.29. The number of hydrogen-bond donors (Lipinski definition) is 2. The lowest BCUT2D eigenvalue weighted by Crippen LogP contribution is -2.23. The molecule has 1 amide bonds. The number of carbonyl (C=O) groups excluding carboxylic acids is 1. The molecule has 0 bridgehead atoms. The van der Waals surface area contributed by atoms with E-state index in [9.17, 15) is 13.6 Å². The predicted octanol–water partition coefficient (Wildman–Crippen LogP) is 3.09. The monoisotopic (exact) mass is 292 g/mol. The molecule has 2 aromatic carbocycles. The Hall–Kier alpha value is -2.63. The fourth-order valence-corrected chi connectivity index (χ4v) is 1.74. The van der Waals surface area contributed by atoms with Crippen LogP contribution in [0.2, 0.25) is 0 Å². The minimum absolute atomic E-state index is 0.0606. The van der Waals surface area contributed by atoms with E-state index in [0.717, 1.165) is 18.2 Å². The van der Waals surface area contributed by atoms with Gasteiger partial charge in [0.15, 0.2) is 11.6 Å². The van der Waals surface area contributed by atoms with E-state index in [0.29, 0.717) is 12.2 Å². The van der Waals surface area contributed by atoms with Crippen LogP contribution in [0.3, 0.4) is 0 Å². The summed E-state index contributed by atoms with van der Waals surface area (Å²) < 4.78 is 32.1. The van der Waals surface area contributed by atoms with Crippen LogP contribution in [0.5, 0.6) is 11.5 Å². The van der Waals surface area contributed by atoms with Crippen molar-refractivity contribution >= 4 is 11.6 Å². The second-order valence-corrected chi connectivity index (χ2v) is 4.29. The van der Waals surface area contributed by atoms with Gasteiger partial charge in [0.25, 0.3) is 5.91 Å². The van der Waals surface area contributed by atoms with Gasteiger partial charge in [-0.25, -0.2) is 8.78 Å². The van der Waals surface area contributed by atoms with E-state index in [4.69, 9.17) is 10.5 Å². The molecule has 0 unspecified atom stereocenters. The molecular weight excluding hydrogens is 278 g/mol. The second kappa shape index (κ2) is 6.21. The number of halogens is 2. The molecule has 0 radical (unpaired) electrons. The molecule has 6 heteroatoms. The quantitative estimate of drug-likeness (QED) is 0.851. The Labute approximate surface area is 120 Å². The number of benzene rings is 2. The number of rotatable bonds is 4. The average molecular weight is 292 g/mol. The number of nitrogen functional groups attached to an aromatic ring is 1. The number of carbonyl (C=O) groups is 1. The van der Waals surface area contributed by atoms with Crippen molar-refractivity contribution in [2.75, 3.05) is 12.3 Å². The molecule has 0 aliphatic rings. The molecule has 0 fully saturated rings. The van der Waals surface area contributed by atoms with Gasteiger partial charge in [0.05, 0.1) is 5.56 Å². The number of hydrogen-bond acceptors (Lipinski definition) is 3. The van der Waals surface area contributed by atoms with Crippen molar-refractivity contribution in [1.82, 2.24) is 5.32 Å². The Balaban J connectivity index is 2.40. The predicted molar refractivity (Wildman–Crippen MR) is 75.3 cm³/mol. The highest BCUT2D eigenvalue weighted by Crippen LogP contribution is 2.29. The van der Waals surface area contributed by atoms with Crippen molar-refractivity contribution in [1.29, 1.82) is 0 Å². The third-order valence-corrected chi connectivity index (χ3v) is 2.70. The fraction of sp³-hybridized carbons (Fsp3) is 0.133. The Kier molecular flexibility index (Phi) is 4.37. The summed E-state index contributed by atoms with van der Waals surface area (Å²) in [5.74, 6) is -2.02. The van der Waals surface area contributed by atoms with Crippen LogP contribution in [-0.2, 0) is 0 Å². The summed E-state index contributed by atoms with van der Waals surface area (Å²) in [5.41, 5.74) is 6.18. The lowest BCUT2D eigenvalue weighted by molar-refractivity contribution is 0.0953. The first-order chi connectivity index (χ1) is 10.0. The number of nitrogens with one attached hydrogen (secondary N) is 1. The molecule has 0 saturated heterocycles. The van der Waals surface area contributed by atoms with Crippen molar-refractivity contribution in [3.05, 3.63) is 53.6 Å². The molecule has 0 spiro atoms. The molecule has 4 nitrogen and oxygen atoms in total. The van der Waals surface area contributed by atoms with Gasteiger partial charge in [-0.2, -0.15) is 0 Å². The standard InChI is InChI=1S/C15H14F2N2O2/c1-2-19-15(20)11-5-4-10(18)8-13(11)21-14-7-9(16)3-6-12(14)17/h3-8H,2,18H2,1H3,(H,19,20). The van der Waals surface area contributed by atoms with Crippen LogP contribution in [-0.4, -0.2) is 12.5 Å². The molecule has 0 saturated carbocycles. The van der Waals surface area contributed by atoms with Gasteiger partial charge in [-0.15, -0.1) is 0 Å². The highest BCUT2D eigenvalue weighted by Gasteiger charge is 2.15. The molecule has 2 rings (SSSR count). The maximum atomic E-state index is 13.6. The first-order valence-corrected chi connectivity index (χ1v) is 6.32. The Bertz CT molecular complexity index is 675. The third kappa shape index (κ3) is 3.47. The van der Waals surface area contributed by atoms with Gasteiger partial charge in [0.1, 0.15) is 11.6 Å². The fourth-order valence-electron chi connectivity index (χ4n) is 1.74. The van der Waals surface area contributed by atoms with Gasteiger partial charge in [-0.1, -0.05) is 0 Å². The molecule has 2 aromatic rings. The van der Waals surface area contributed by atoms with Crippen LogP contribution in [0.4, 0.5) is 14.5 Å². The van der Waals surface area contributed by atoms with Crippen molar-refractivity contribution in [3.8, 4) is 11.5 Å². The van der Waals surface area contributed by atoms with Crippen LogP contribution in [0.1, 0.15) is 17.3 Å². The van der Waals surface area contributed by atoms with Crippen LogP contribution in [0.15, 0.2) is 36.4 Å². The average Bonchev–Trinajstić information content (AvgIpc) is 2.43. The molecule has 0 heterocycles. The maximum Gasteiger partial charge on any atom is 0.255 e. The molecule has 0 aliphatic carbocycles. The zero-order valence-electron chi connectivity index (χ0n) is 11.3. The summed E-state index contributed by atoms with van der Waals surface area (Å²) in [6.45, 7) is 2.19. The van der Waals surface area contributed by atoms with Gasteiger partial charge in [-0.3, -0.25) is 4.79 Å². The van der Waals surface area contributed by atoms with E-state index in [1.54, 1.807) is 6.92 Å². The molecule has 0 aliphatic heterocycles. The third-order valence-electron chi connectivity index (χ3n) is 2.70. The van der Waals surface area contributed by atoms with Crippen LogP contribution < -0.4 is 15.8 Å². The summed E-state index contributed by atoms with van der Waals surface area (Å²) >= 11 is 0. The topological polar surface area (TPSA) is 64.4 Å². The van der Waals surface area contributed by atoms with E-state index in [1.807, 2.05) is 0 Å². The molecule has 0 aromatic heterocycles. The Morgan fingerprint density at radius 3 is 2.67 bits per heavy atom. The summed E-state index contributed by atoms with van der Waals surface area (Å²) in [7, 11) is 0. The maximum absolute atomic E-state index is 13.6. The number of ether oxygens (including phenoxy) is 1. The minimum Gasteiger partial charge on any atom is -0.453 e. The molecule has 110 valence electrons. The number of nitrogens with two attached hydrogens (primary N) is 1. The van der Waals surface area contributed by atoms with Crippen LogP contribution in [0, 0.1) is 11.6 Å². The van der Waals surface area contributed by atoms with Crippen molar-refractivity contribution in [2.24, 2.45) is 0 Å². The van der Waals surface area contributed by atoms with Crippen molar-refractivity contribution in [3.63, 3.8) is 0 Å². The zero-order chi connectivity index (χ0) is 15.4. The van der Waals surface area contributed by atoms with E-state index in [2.05, 4.69) is 5.32 Å².